The summed E-state index contributed by atoms with van der Waals surface area (Å²) in [6, 6.07) is 11.7. The molecule has 3 aromatic rings. The zero-order valence-corrected chi connectivity index (χ0v) is 20.8. The van der Waals surface area contributed by atoms with E-state index in [0.717, 1.165) is 23.1 Å². The summed E-state index contributed by atoms with van der Waals surface area (Å²) in [7, 11) is -2.00. The number of carbonyl (C=O) groups excluding carboxylic acids is 1. The topological polar surface area (TPSA) is 81.0 Å². The zero-order chi connectivity index (χ0) is 24.0. The van der Waals surface area contributed by atoms with Gasteiger partial charge in [0.2, 0.25) is 10.0 Å². The van der Waals surface area contributed by atoms with Gasteiger partial charge in [0.25, 0.3) is 5.91 Å². The summed E-state index contributed by atoms with van der Waals surface area (Å²) >= 11 is 1.38. The molecule has 0 aliphatic carbocycles. The molecule has 1 heterocycles. The molecule has 33 heavy (non-hydrogen) atoms. The Morgan fingerprint density at radius 3 is 2.39 bits per heavy atom. The first-order valence-electron chi connectivity index (χ1n) is 10.8. The van der Waals surface area contributed by atoms with E-state index in [4.69, 9.17) is 4.74 Å². The molecule has 0 N–H and O–H groups in total. The number of amides is 1. The summed E-state index contributed by atoms with van der Waals surface area (Å²) in [6.45, 7) is 9.09. The molecule has 0 saturated heterocycles. The maximum atomic E-state index is 13.0. The Morgan fingerprint density at radius 1 is 1.15 bits per heavy atom. The number of nitrogens with zero attached hydrogens (tertiary/aromatic N) is 3. The molecule has 0 unspecified atom stereocenters. The van der Waals surface area contributed by atoms with E-state index in [1.807, 2.05) is 36.6 Å². The molecule has 2 aromatic carbocycles. The van der Waals surface area contributed by atoms with Crippen LogP contribution in [0, 0.1) is 0 Å². The molecule has 0 aliphatic rings. The minimum Gasteiger partial charge on any atom is -0.495 e. The van der Waals surface area contributed by atoms with Gasteiger partial charge in [-0.15, -0.1) is 6.58 Å². The Kier molecular flexibility index (Phi) is 8.23. The fourth-order valence-corrected chi connectivity index (χ4v) is 6.25. The number of sulfonamides is 1. The molecule has 0 aliphatic heterocycles. The number of benzene rings is 2. The molecule has 7 nitrogen and oxygen atoms in total. The van der Waals surface area contributed by atoms with Gasteiger partial charge in [0.05, 0.1) is 16.7 Å². The first kappa shape index (κ1) is 24.9. The number of fused-ring (bicyclic) bond motifs is 1. The van der Waals surface area contributed by atoms with E-state index in [0.29, 0.717) is 35.7 Å². The maximum absolute atomic E-state index is 13.0. The van der Waals surface area contributed by atoms with Crippen LogP contribution in [0.25, 0.3) is 10.2 Å². The van der Waals surface area contributed by atoms with E-state index in [9.17, 15) is 13.2 Å². The van der Waals surface area contributed by atoms with Crippen molar-refractivity contribution >= 4 is 37.5 Å². The van der Waals surface area contributed by atoms with Gasteiger partial charge in [0, 0.05) is 25.2 Å². The van der Waals surface area contributed by atoms with Crippen LogP contribution in [0.5, 0.6) is 5.75 Å². The van der Waals surface area contributed by atoms with Crippen molar-refractivity contribution in [1.82, 2.24) is 8.87 Å². The van der Waals surface area contributed by atoms with Crippen molar-refractivity contribution in [2.75, 3.05) is 20.2 Å². The Hall–Kier alpha value is -2.75. The number of hydrogen-bond acceptors (Lipinski definition) is 5. The van der Waals surface area contributed by atoms with E-state index < -0.39 is 15.9 Å². The summed E-state index contributed by atoms with van der Waals surface area (Å²) in [5.41, 5.74) is 1.17. The molecule has 0 saturated carbocycles. The maximum Gasteiger partial charge on any atom is 0.279 e. The highest BCUT2D eigenvalue weighted by molar-refractivity contribution is 7.89. The molecule has 176 valence electrons. The fraction of sp³-hybridized carbons (Fsp3) is 0.333. The van der Waals surface area contributed by atoms with Crippen molar-refractivity contribution in [3.63, 3.8) is 0 Å². The molecule has 0 spiro atoms. The second kappa shape index (κ2) is 10.9. The van der Waals surface area contributed by atoms with Gasteiger partial charge in [-0.2, -0.15) is 9.30 Å². The van der Waals surface area contributed by atoms with Crippen LogP contribution in [0.4, 0.5) is 0 Å². The summed E-state index contributed by atoms with van der Waals surface area (Å²) in [5, 5.41) is 0. The van der Waals surface area contributed by atoms with Gasteiger partial charge in [-0.3, -0.25) is 4.79 Å². The van der Waals surface area contributed by atoms with Crippen molar-refractivity contribution in [3.8, 4) is 5.75 Å². The number of carbonyl (C=O) groups is 1. The normalized spacial score (nSPS) is 12.4. The molecular weight excluding hydrogens is 458 g/mol. The second-order valence-corrected chi connectivity index (χ2v) is 10.4. The lowest BCUT2D eigenvalue weighted by Crippen LogP contribution is -2.32. The van der Waals surface area contributed by atoms with Gasteiger partial charge in [-0.05, 0) is 49.2 Å². The van der Waals surface area contributed by atoms with Crippen LogP contribution in [0.1, 0.15) is 37.0 Å². The van der Waals surface area contributed by atoms with Crippen molar-refractivity contribution in [1.29, 1.82) is 0 Å². The molecule has 3 rings (SSSR count). The molecule has 1 amide bonds. The SMILES string of the molecule is C=CCn1c(=NC(=O)c2ccc(S(=O)(=O)N(CCC)CCC)cc2)sc2cccc(OC)c21. The second-order valence-electron chi connectivity index (χ2n) is 7.44. The average Bonchev–Trinajstić information content (AvgIpc) is 3.16. The minimum atomic E-state index is -3.60. The molecule has 1 aromatic heterocycles. The monoisotopic (exact) mass is 487 g/mol. The minimum absolute atomic E-state index is 0.175. The highest BCUT2D eigenvalue weighted by atomic mass is 32.2. The number of allylic oxidation sites excluding steroid dienone is 1. The summed E-state index contributed by atoms with van der Waals surface area (Å²) < 4.78 is 35.7. The molecule has 0 atom stereocenters. The Bertz CT molecular complexity index is 1300. The van der Waals surface area contributed by atoms with E-state index in [1.54, 1.807) is 13.2 Å². The standard InChI is InChI=1S/C24H29N3O4S2/c1-5-15-26(16-6-2)33(29,30)19-13-11-18(12-14-19)23(28)25-24-27(17-7-3)22-20(31-4)9-8-10-21(22)32-24/h7-14H,3,5-6,15-17H2,1-2,4H3. The largest absolute Gasteiger partial charge is 0.495 e. The van der Waals surface area contributed by atoms with Crippen molar-refractivity contribution in [2.45, 2.75) is 38.1 Å². The average molecular weight is 488 g/mol. The third-order valence-electron chi connectivity index (χ3n) is 5.08. The smallest absolute Gasteiger partial charge is 0.279 e. The lowest BCUT2D eigenvalue weighted by Gasteiger charge is -2.21. The van der Waals surface area contributed by atoms with E-state index in [2.05, 4.69) is 11.6 Å². The predicted molar refractivity (Wildman–Crippen MR) is 132 cm³/mol. The van der Waals surface area contributed by atoms with E-state index in [-0.39, 0.29) is 4.90 Å². The van der Waals surface area contributed by atoms with Crippen LogP contribution in [0.15, 0.2) is 65.0 Å². The Labute approximate surface area is 198 Å². The third kappa shape index (κ3) is 5.26. The van der Waals surface area contributed by atoms with Gasteiger partial charge in [-0.25, -0.2) is 8.42 Å². The predicted octanol–water partition coefficient (Wildman–Crippen LogP) is 4.45. The van der Waals surface area contributed by atoms with Gasteiger partial charge >= 0.3 is 0 Å². The molecule has 9 heteroatoms. The van der Waals surface area contributed by atoms with Gasteiger partial charge in [-0.1, -0.05) is 37.3 Å². The summed E-state index contributed by atoms with van der Waals surface area (Å²) in [4.78, 5) is 17.9. The van der Waals surface area contributed by atoms with Crippen molar-refractivity contribution in [2.24, 2.45) is 4.99 Å². The number of hydrogen-bond donors (Lipinski definition) is 0. The van der Waals surface area contributed by atoms with E-state index in [1.165, 1.54) is 39.9 Å². The molecule has 0 bridgehead atoms. The Morgan fingerprint density at radius 2 is 1.82 bits per heavy atom. The van der Waals surface area contributed by atoms with Gasteiger partial charge < -0.3 is 9.30 Å². The van der Waals surface area contributed by atoms with Crippen LogP contribution < -0.4 is 9.54 Å². The summed E-state index contributed by atoms with van der Waals surface area (Å²) in [5.74, 6) is 0.249. The van der Waals surface area contributed by atoms with Crippen LogP contribution in [-0.4, -0.2) is 43.4 Å². The summed E-state index contributed by atoms with van der Waals surface area (Å²) in [6.07, 6.45) is 3.21. The van der Waals surface area contributed by atoms with Gasteiger partial charge in [0.15, 0.2) is 4.80 Å². The van der Waals surface area contributed by atoms with E-state index >= 15 is 0 Å². The zero-order valence-electron chi connectivity index (χ0n) is 19.2. The molecular formula is C24H29N3O4S2. The van der Waals surface area contributed by atoms with Crippen LogP contribution in [0.2, 0.25) is 0 Å². The van der Waals surface area contributed by atoms with Crippen LogP contribution >= 0.6 is 11.3 Å². The quantitative estimate of drug-likeness (QED) is 0.396. The highest BCUT2D eigenvalue weighted by Crippen LogP contribution is 2.27. The highest BCUT2D eigenvalue weighted by Gasteiger charge is 2.23. The molecule has 0 fully saturated rings. The number of thiazole rings is 1. The fourth-order valence-electron chi connectivity index (χ4n) is 3.57. The Balaban J connectivity index is 1.98. The third-order valence-corrected chi connectivity index (χ3v) is 8.03. The first-order chi connectivity index (χ1) is 15.9. The van der Waals surface area contributed by atoms with Crippen LogP contribution in [-0.2, 0) is 16.6 Å². The van der Waals surface area contributed by atoms with Crippen molar-refractivity contribution < 1.29 is 17.9 Å². The number of para-hydroxylation sites is 1. The van der Waals surface area contributed by atoms with Gasteiger partial charge in [0.1, 0.15) is 11.3 Å². The number of methoxy groups -OCH3 is 1. The van der Waals surface area contributed by atoms with Crippen molar-refractivity contribution in [3.05, 3.63) is 65.5 Å². The number of rotatable bonds is 10. The lowest BCUT2D eigenvalue weighted by molar-refractivity contribution is 0.0997. The lowest BCUT2D eigenvalue weighted by atomic mass is 10.2. The van der Waals surface area contributed by atoms with Crippen LogP contribution in [0.3, 0.4) is 0 Å². The number of aromatic nitrogens is 1. The molecule has 0 radical (unpaired) electrons. The number of ether oxygens (including phenoxy) is 1. The first-order valence-corrected chi connectivity index (χ1v) is 13.1.